The number of hydrogen-bond acceptors (Lipinski definition) is 8. The van der Waals surface area contributed by atoms with Gasteiger partial charge in [-0.05, 0) is 30.6 Å². The third-order valence-corrected chi connectivity index (χ3v) is 4.38. The van der Waals surface area contributed by atoms with Gasteiger partial charge in [0.2, 0.25) is 5.75 Å². The lowest BCUT2D eigenvalue weighted by molar-refractivity contribution is -0.385. The first-order valence-corrected chi connectivity index (χ1v) is 7.94. The van der Waals surface area contributed by atoms with Gasteiger partial charge in [0, 0.05) is 29.1 Å². The number of rotatable bonds is 3. The number of alkyl halides is 3. The predicted molar refractivity (Wildman–Crippen MR) is 88.3 cm³/mol. The minimum atomic E-state index is -4.67. The number of halogens is 3. The number of hydrogen-bond donors (Lipinski definition) is 2. The number of nitro groups is 1. The monoisotopic (exact) mass is 398 g/mol. The van der Waals surface area contributed by atoms with Gasteiger partial charge in [-0.1, -0.05) is 4.49 Å². The van der Waals surface area contributed by atoms with Crippen LogP contribution < -0.4 is 0 Å². The van der Waals surface area contributed by atoms with Crippen LogP contribution in [0.15, 0.2) is 24.4 Å². The van der Waals surface area contributed by atoms with Crippen molar-refractivity contribution in [3.8, 4) is 33.2 Å². The molecular formula is C15H9F3N4O4S. The van der Waals surface area contributed by atoms with E-state index in [0.29, 0.717) is 11.5 Å². The van der Waals surface area contributed by atoms with Gasteiger partial charge in [0.15, 0.2) is 5.75 Å². The average molecular weight is 398 g/mol. The highest BCUT2D eigenvalue weighted by Gasteiger charge is 2.35. The van der Waals surface area contributed by atoms with Gasteiger partial charge >= 0.3 is 11.9 Å². The molecule has 1 aromatic carbocycles. The van der Waals surface area contributed by atoms with E-state index in [1.165, 1.54) is 6.92 Å². The quantitative estimate of drug-likeness (QED) is 0.389. The van der Waals surface area contributed by atoms with Crippen molar-refractivity contribution in [3.05, 3.63) is 45.8 Å². The van der Waals surface area contributed by atoms with Crippen LogP contribution in [-0.4, -0.2) is 29.7 Å². The van der Waals surface area contributed by atoms with E-state index in [0.717, 1.165) is 24.4 Å². The molecule has 2 heterocycles. The summed E-state index contributed by atoms with van der Waals surface area (Å²) in [5.74, 6) is -1.77. The van der Waals surface area contributed by atoms with E-state index in [4.69, 9.17) is 0 Å². The number of nitrogens with zero attached hydrogens (tertiary/aromatic N) is 4. The first-order chi connectivity index (χ1) is 12.6. The molecule has 3 rings (SSSR count). The number of benzene rings is 1. The van der Waals surface area contributed by atoms with E-state index in [2.05, 4.69) is 14.6 Å². The lowest BCUT2D eigenvalue weighted by atomic mass is 10.0. The molecule has 12 heteroatoms. The molecule has 0 atom stereocenters. The first-order valence-electron chi connectivity index (χ1n) is 7.17. The van der Waals surface area contributed by atoms with E-state index in [1.54, 1.807) is 0 Å². The number of aromatic hydroxyl groups is 2. The Bertz CT molecular complexity index is 1050. The Balaban J connectivity index is 2.24. The van der Waals surface area contributed by atoms with Crippen molar-refractivity contribution in [1.82, 2.24) is 14.6 Å². The number of phenols is 2. The second-order valence-corrected chi connectivity index (χ2v) is 6.19. The van der Waals surface area contributed by atoms with Gasteiger partial charge in [0.05, 0.1) is 15.4 Å². The summed E-state index contributed by atoms with van der Waals surface area (Å²) < 4.78 is 43.9. The Morgan fingerprint density at radius 2 is 1.93 bits per heavy atom. The summed E-state index contributed by atoms with van der Waals surface area (Å²) in [4.78, 5) is 13.9. The van der Waals surface area contributed by atoms with Crippen LogP contribution in [0, 0.1) is 17.0 Å². The van der Waals surface area contributed by atoms with E-state index in [9.17, 15) is 33.5 Å². The Morgan fingerprint density at radius 3 is 2.56 bits per heavy atom. The smallest absolute Gasteiger partial charge is 0.417 e. The maximum atomic E-state index is 13.4. The van der Waals surface area contributed by atoms with Crippen LogP contribution in [0.3, 0.4) is 0 Å². The molecule has 0 aliphatic carbocycles. The Labute approximate surface area is 152 Å². The molecular weight excluding hydrogens is 389 g/mol. The topological polar surface area (TPSA) is 122 Å². The van der Waals surface area contributed by atoms with Crippen molar-refractivity contribution in [3.63, 3.8) is 0 Å². The third-order valence-electron chi connectivity index (χ3n) is 3.62. The third kappa shape index (κ3) is 3.38. The van der Waals surface area contributed by atoms with E-state index < -0.39 is 33.8 Å². The average Bonchev–Trinajstić information content (AvgIpc) is 3.05. The summed E-state index contributed by atoms with van der Waals surface area (Å²) in [5, 5.41) is 34.0. The Hall–Kier alpha value is -3.28. The molecule has 0 fully saturated rings. The van der Waals surface area contributed by atoms with E-state index in [1.807, 2.05) is 0 Å². The largest absolute Gasteiger partial charge is 0.504 e. The number of aryl methyl sites for hydroxylation is 1. The van der Waals surface area contributed by atoms with E-state index >= 15 is 0 Å². The molecule has 2 aromatic heterocycles. The Morgan fingerprint density at radius 1 is 1.22 bits per heavy atom. The molecule has 0 bridgehead atoms. The van der Waals surface area contributed by atoms with Gasteiger partial charge in [-0.25, -0.2) is 0 Å². The van der Waals surface area contributed by atoms with Crippen molar-refractivity contribution in [1.29, 1.82) is 0 Å². The minimum absolute atomic E-state index is 0.0331. The Kier molecular flexibility index (Phi) is 4.43. The van der Waals surface area contributed by atoms with Crippen molar-refractivity contribution in [2.45, 2.75) is 13.1 Å². The summed E-state index contributed by atoms with van der Waals surface area (Å²) in [6, 6.07) is 2.72. The second kappa shape index (κ2) is 6.46. The summed E-state index contributed by atoms with van der Waals surface area (Å²) in [6.45, 7) is 1.41. The summed E-state index contributed by atoms with van der Waals surface area (Å²) in [7, 11) is 0. The SMILES string of the molecule is Cc1cc(C(F)(F)F)c(-c2snnc2-c2cc(O)c(O)c([N+](=O)[O-])c2)cn1. The first kappa shape index (κ1) is 18.5. The van der Waals surface area contributed by atoms with Gasteiger partial charge in [-0.3, -0.25) is 15.1 Å². The highest BCUT2D eigenvalue weighted by molar-refractivity contribution is 7.10. The molecule has 27 heavy (non-hydrogen) atoms. The summed E-state index contributed by atoms with van der Waals surface area (Å²) in [6.07, 6.45) is -3.65. The predicted octanol–water partition coefficient (Wildman–Crippen LogP) is 3.91. The maximum Gasteiger partial charge on any atom is 0.417 e. The fraction of sp³-hybridized carbons (Fsp3) is 0.133. The lowest BCUT2D eigenvalue weighted by Gasteiger charge is -2.12. The van der Waals surface area contributed by atoms with Crippen molar-refractivity contribution >= 4 is 17.2 Å². The molecule has 0 spiro atoms. The number of pyridine rings is 1. The number of phenolic OH excluding ortho intramolecular Hbond substituents is 2. The lowest BCUT2D eigenvalue weighted by Crippen LogP contribution is -2.08. The van der Waals surface area contributed by atoms with Crippen molar-refractivity contribution in [2.75, 3.05) is 0 Å². The van der Waals surface area contributed by atoms with Gasteiger partial charge in [0.25, 0.3) is 0 Å². The zero-order valence-corrected chi connectivity index (χ0v) is 14.2. The van der Waals surface area contributed by atoms with Gasteiger partial charge in [-0.2, -0.15) is 13.2 Å². The number of aromatic nitrogens is 3. The van der Waals surface area contributed by atoms with Gasteiger partial charge in [-0.15, -0.1) is 5.10 Å². The normalized spacial score (nSPS) is 11.6. The molecule has 0 aliphatic rings. The molecule has 3 aromatic rings. The molecule has 8 nitrogen and oxygen atoms in total. The molecule has 0 amide bonds. The highest BCUT2D eigenvalue weighted by atomic mass is 32.1. The molecule has 0 unspecified atom stereocenters. The van der Waals surface area contributed by atoms with Crippen LogP contribution in [0.5, 0.6) is 11.5 Å². The van der Waals surface area contributed by atoms with Gasteiger partial charge < -0.3 is 10.2 Å². The zero-order valence-electron chi connectivity index (χ0n) is 13.4. The number of nitro benzene ring substituents is 1. The molecule has 140 valence electrons. The summed E-state index contributed by atoms with van der Waals surface area (Å²) >= 11 is 0.643. The standard InChI is InChI=1S/C15H9F3N4O4S/c1-6-2-9(15(16,17)18)8(5-19-6)14-12(20-21-27-14)7-3-10(22(25)26)13(24)11(23)4-7/h2-5,23-24H,1H3. The van der Waals surface area contributed by atoms with Crippen molar-refractivity contribution in [2.24, 2.45) is 0 Å². The van der Waals surface area contributed by atoms with Gasteiger partial charge in [0.1, 0.15) is 5.69 Å². The zero-order chi connectivity index (χ0) is 19.9. The van der Waals surface area contributed by atoms with Crippen LogP contribution in [0.25, 0.3) is 21.7 Å². The van der Waals surface area contributed by atoms with Crippen LogP contribution in [0.4, 0.5) is 18.9 Å². The van der Waals surface area contributed by atoms with Crippen LogP contribution >= 0.6 is 11.5 Å². The molecule has 0 saturated heterocycles. The molecule has 0 radical (unpaired) electrons. The van der Waals surface area contributed by atoms with Crippen LogP contribution in [0.2, 0.25) is 0 Å². The second-order valence-electron chi connectivity index (χ2n) is 5.44. The van der Waals surface area contributed by atoms with Crippen molar-refractivity contribution < 1.29 is 28.3 Å². The highest BCUT2D eigenvalue weighted by Crippen LogP contribution is 2.44. The van der Waals surface area contributed by atoms with Crippen LogP contribution in [-0.2, 0) is 6.18 Å². The summed E-state index contributed by atoms with van der Waals surface area (Å²) in [5.41, 5.74) is -2.11. The fourth-order valence-electron chi connectivity index (χ4n) is 2.41. The minimum Gasteiger partial charge on any atom is -0.504 e. The van der Waals surface area contributed by atoms with E-state index in [-0.39, 0.29) is 27.4 Å². The molecule has 0 saturated carbocycles. The molecule has 2 N–H and O–H groups in total. The fourth-order valence-corrected chi connectivity index (χ4v) is 3.12. The van der Waals surface area contributed by atoms with Crippen LogP contribution in [0.1, 0.15) is 11.3 Å². The molecule has 0 aliphatic heterocycles. The maximum absolute atomic E-state index is 13.4.